The first-order valence-electron chi connectivity index (χ1n) is 4.48. The molecule has 1 aliphatic rings. The molecule has 13 heavy (non-hydrogen) atoms. The number of rotatable bonds is 0. The van der Waals surface area contributed by atoms with Crippen LogP contribution in [0.3, 0.4) is 0 Å². The Morgan fingerprint density at radius 3 is 2.77 bits per heavy atom. The summed E-state index contributed by atoms with van der Waals surface area (Å²) in [5.74, 6) is 0.218. The van der Waals surface area contributed by atoms with E-state index in [4.69, 9.17) is 0 Å². The van der Waals surface area contributed by atoms with Crippen molar-refractivity contribution in [2.45, 2.75) is 20.3 Å². The van der Waals surface area contributed by atoms with Gasteiger partial charge in [0.1, 0.15) is 0 Å². The van der Waals surface area contributed by atoms with E-state index in [-0.39, 0.29) is 5.78 Å². The molecule has 2 rings (SSSR count). The zero-order valence-corrected chi connectivity index (χ0v) is 7.92. The topological polar surface area (TPSA) is 17.1 Å². The number of allylic oxidation sites excluding steroid dienone is 2. The summed E-state index contributed by atoms with van der Waals surface area (Å²) >= 11 is 0. The highest BCUT2D eigenvalue weighted by molar-refractivity contribution is 6.01. The standard InChI is InChI=1S/C12H12O/c1-8-3-4-12-9(2)6-11(13)7-10(12)5-8/h3-6H,7H2,1-2H3. The zero-order valence-electron chi connectivity index (χ0n) is 7.92. The van der Waals surface area contributed by atoms with Crippen molar-refractivity contribution in [1.29, 1.82) is 0 Å². The van der Waals surface area contributed by atoms with Crippen LogP contribution in [-0.2, 0) is 11.2 Å². The van der Waals surface area contributed by atoms with E-state index in [0.29, 0.717) is 6.42 Å². The van der Waals surface area contributed by atoms with Crippen molar-refractivity contribution in [3.63, 3.8) is 0 Å². The molecular weight excluding hydrogens is 160 g/mol. The molecule has 0 atom stereocenters. The molecule has 0 saturated carbocycles. The van der Waals surface area contributed by atoms with Crippen LogP contribution in [0.5, 0.6) is 0 Å². The lowest BCUT2D eigenvalue weighted by atomic mass is 9.90. The van der Waals surface area contributed by atoms with Gasteiger partial charge in [0.15, 0.2) is 5.78 Å². The third-order valence-electron chi connectivity index (χ3n) is 2.43. The SMILES string of the molecule is CC1=CC(=O)Cc2cc(C)ccc21. The Labute approximate surface area is 78.1 Å². The number of carbonyl (C=O) groups is 1. The Morgan fingerprint density at radius 2 is 2.00 bits per heavy atom. The van der Waals surface area contributed by atoms with E-state index in [2.05, 4.69) is 25.1 Å². The van der Waals surface area contributed by atoms with E-state index in [1.54, 1.807) is 6.08 Å². The molecule has 1 aliphatic carbocycles. The van der Waals surface area contributed by atoms with Crippen LogP contribution in [0.25, 0.3) is 5.57 Å². The average molecular weight is 172 g/mol. The highest BCUT2D eigenvalue weighted by atomic mass is 16.1. The molecule has 0 fully saturated rings. The summed E-state index contributed by atoms with van der Waals surface area (Å²) in [5.41, 5.74) is 4.71. The Balaban J connectivity index is 2.60. The van der Waals surface area contributed by atoms with Gasteiger partial charge in [-0.25, -0.2) is 0 Å². The lowest BCUT2D eigenvalue weighted by molar-refractivity contribution is -0.114. The van der Waals surface area contributed by atoms with Gasteiger partial charge in [0, 0.05) is 6.42 Å². The van der Waals surface area contributed by atoms with Crippen molar-refractivity contribution in [3.8, 4) is 0 Å². The van der Waals surface area contributed by atoms with E-state index < -0.39 is 0 Å². The van der Waals surface area contributed by atoms with Crippen LogP contribution in [-0.4, -0.2) is 5.78 Å². The van der Waals surface area contributed by atoms with Gasteiger partial charge in [0.25, 0.3) is 0 Å². The minimum Gasteiger partial charge on any atom is -0.294 e. The predicted molar refractivity (Wildman–Crippen MR) is 53.5 cm³/mol. The fourth-order valence-corrected chi connectivity index (χ4v) is 1.81. The van der Waals surface area contributed by atoms with Crippen LogP contribution in [0.15, 0.2) is 24.3 Å². The van der Waals surface area contributed by atoms with Crippen molar-refractivity contribution < 1.29 is 4.79 Å². The number of benzene rings is 1. The highest BCUT2D eigenvalue weighted by Gasteiger charge is 2.13. The summed E-state index contributed by atoms with van der Waals surface area (Å²) in [7, 11) is 0. The molecule has 0 aromatic heterocycles. The number of ketones is 1. The van der Waals surface area contributed by atoms with Crippen LogP contribution < -0.4 is 0 Å². The quantitative estimate of drug-likeness (QED) is 0.587. The molecule has 1 heteroatoms. The van der Waals surface area contributed by atoms with Gasteiger partial charge in [-0.05, 0) is 36.6 Å². The van der Waals surface area contributed by atoms with Gasteiger partial charge in [-0.15, -0.1) is 0 Å². The monoisotopic (exact) mass is 172 g/mol. The lowest BCUT2D eigenvalue weighted by Crippen LogP contribution is -2.08. The molecule has 0 unspecified atom stereocenters. The smallest absolute Gasteiger partial charge is 0.160 e. The number of hydrogen-bond acceptors (Lipinski definition) is 1. The average Bonchev–Trinajstić information content (AvgIpc) is 2.02. The maximum absolute atomic E-state index is 11.3. The molecular formula is C12H12O. The van der Waals surface area contributed by atoms with Crippen LogP contribution in [0.4, 0.5) is 0 Å². The zero-order chi connectivity index (χ0) is 9.42. The normalized spacial score (nSPS) is 15.2. The third-order valence-corrected chi connectivity index (χ3v) is 2.43. The summed E-state index contributed by atoms with van der Waals surface area (Å²) < 4.78 is 0. The van der Waals surface area contributed by atoms with E-state index in [0.717, 1.165) is 5.57 Å². The molecule has 0 heterocycles. The molecule has 0 amide bonds. The molecule has 1 nitrogen and oxygen atoms in total. The largest absolute Gasteiger partial charge is 0.294 e. The number of hydrogen-bond donors (Lipinski definition) is 0. The van der Waals surface area contributed by atoms with Gasteiger partial charge < -0.3 is 0 Å². The molecule has 0 spiro atoms. The van der Waals surface area contributed by atoms with Gasteiger partial charge in [0.2, 0.25) is 0 Å². The summed E-state index contributed by atoms with van der Waals surface area (Å²) in [6, 6.07) is 6.29. The first kappa shape index (κ1) is 8.24. The van der Waals surface area contributed by atoms with Gasteiger partial charge in [-0.2, -0.15) is 0 Å². The number of carbonyl (C=O) groups excluding carboxylic acids is 1. The van der Waals surface area contributed by atoms with Crippen molar-refractivity contribution >= 4 is 11.4 Å². The first-order valence-corrected chi connectivity index (χ1v) is 4.48. The van der Waals surface area contributed by atoms with E-state index in [1.807, 2.05) is 6.92 Å². The van der Waals surface area contributed by atoms with Gasteiger partial charge >= 0.3 is 0 Å². The lowest BCUT2D eigenvalue weighted by Gasteiger charge is -2.14. The Hall–Kier alpha value is -1.37. The van der Waals surface area contributed by atoms with Gasteiger partial charge in [0.05, 0.1) is 0 Å². The van der Waals surface area contributed by atoms with Crippen molar-refractivity contribution in [2.75, 3.05) is 0 Å². The highest BCUT2D eigenvalue weighted by Crippen LogP contribution is 2.24. The van der Waals surface area contributed by atoms with Crippen LogP contribution in [0.2, 0.25) is 0 Å². The minimum absolute atomic E-state index is 0.218. The molecule has 0 N–H and O–H groups in total. The maximum atomic E-state index is 11.3. The second-order valence-corrected chi connectivity index (χ2v) is 3.63. The summed E-state index contributed by atoms with van der Waals surface area (Å²) in [4.78, 5) is 11.3. The first-order chi connectivity index (χ1) is 6.16. The van der Waals surface area contributed by atoms with Gasteiger partial charge in [-0.1, -0.05) is 23.8 Å². The third kappa shape index (κ3) is 1.42. The van der Waals surface area contributed by atoms with Crippen molar-refractivity contribution in [1.82, 2.24) is 0 Å². The molecule has 0 aliphatic heterocycles. The molecule has 0 radical (unpaired) electrons. The van der Waals surface area contributed by atoms with Crippen molar-refractivity contribution in [2.24, 2.45) is 0 Å². The van der Waals surface area contributed by atoms with Crippen LogP contribution in [0.1, 0.15) is 23.6 Å². The molecule has 66 valence electrons. The fourth-order valence-electron chi connectivity index (χ4n) is 1.81. The Morgan fingerprint density at radius 1 is 1.23 bits per heavy atom. The van der Waals surface area contributed by atoms with Crippen LogP contribution >= 0.6 is 0 Å². The number of fused-ring (bicyclic) bond motifs is 1. The van der Waals surface area contributed by atoms with E-state index in [9.17, 15) is 4.79 Å². The molecule has 1 aromatic carbocycles. The molecule has 0 saturated heterocycles. The van der Waals surface area contributed by atoms with Crippen LogP contribution in [0, 0.1) is 6.92 Å². The summed E-state index contributed by atoms with van der Waals surface area (Å²) in [5, 5.41) is 0. The summed E-state index contributed by atoms with van der Waals surface area (Å²) in [6.07, 6.45) is 2.30. The number of aryl methyl sites for hydroxylation is 1. The fraction of sp³-hybridized carbons (Fsp3) is 0.250. The van der Waals surface area contributed by atoms with Gasteiger partial charge in [-0.3, -0.25) is 4.79 Å². The summed E-state index contributed by atoms with van der Waals surface area (Å²) in [6.45, 7) is 4.05. The minimum atomic E-state index is 0.218. The second-order valence-electron chi connectivity index (χ2n) is 3.63. The van der Waals surface area contributed by atoms with E-state index in [1.165, 1.54) is 16.7 Å². The Kier molecular flexibility index (Phi) is 1.80. The predicted octanol–water partition coefficient (Wildman–Crippen LogP) is 2.52. The Bertz CT molecular complexity index is 400. The van der Waals surface area contributed by atoms with Crippen molar-refractivity contribution in [3.05, 3.63) is 41.0 Å². The molecule has 1 aromatic rings. The van der Waals surface area contributed by atoms with E-state index >= 15 is 0 Å². The maximum Gasteiger partial charge on any atom is 0.160 e. The molecule has 0 bridgehead atoms. The second kappa shape index (κ2) is 2.84.